The summed E-state index contributed by atoms with van der Waals surface area (Å²) in [6.45, 7) is 3.64. The summed E-state index contributed by atoms with van der Waals surface area (Å²) in [6.07, 6.45) is 0.786. The smallest absolute Gasteiger partial charge is 0.220 e. The first-order chi connectivity index (χ1) is 8.50. The third kappa shape index (κ3) is 2.23. The van der Waals surface area contributed by atoms with Gasteiger partial charge < -0.3 is 10.0 Å². The number of likely N-dealkylation sites (tertiary alicyclic amines) is 1. The van der Waals surface area contributed by atoms with Crippen molar-refractivity contribution < 1.29 is 14.7 Å². The van der Waals surface area contributed by atoms with Crippen LogP contribution in [0.15, 0.2) is 24.3 Å². The molecule has 1 amide bonds. The Morgan fingerprint density at radius 1 is 1.22 bits per heavy atom. The number of nitrogens with zero attached hydrogens (tertiary/aromatic N) is 1. The topological polar surface area (TPSA) is 57.6 Å². The molecule has 2 rings (SSSR count). The zero-order valence-corrected chi connectivity index (χ0v) is 10.6. The number of Topliss-reactive ketones (excluding diaryl/α,β-unsaturated/α-hetero) is 1. The molecule has 0 aromatic heterocycles. The molecule has 0 radical (unpaired) electrons. The van der Waals surface area contributed by atoms with Crippen molar-refractivity contribution in [2.24, 2.45) is 0 Å². The van der Waals surface area contributed by atoms with Crippen molar-refractivity contribution >= 4 is 11.7 Å². The first kappa shape index (κ1) is 12.6. The van der Waals surface area contributed by atoms with Crippen LogP contribution in [-0.4, -0.2) is 34.3 Å². The lowest BCUT2D eigenvalue weighted by Crippen LogP contribution is -2.40. The standard InChI is InChI=1S/C14H17NO3/c1-9(16)14-13(7-8-15(14)10(2)17)11-3-5-12(18)6-4-11/h3-6,13-14,18H,7-8H2,1-2H3/t13?,14-/m0/s1. The fourth-order valence-electron chi connectivity index (χ4n) is 2.72. The molecule has 1 N–H and O–H groups in total. The molecule has 4 nitrogen and oxygen atoms in total. The molecule has 0 aliphatic carbocycles. The van der Waals surface area contributed by atoms with E-state index in [1.165, 1.54) is 13.8 Å². The Morgan fingerprint density at radius 2 is 1.83 bits per heavy atom. The summed E-state index contributed by atoms with van der Waals surface area (Å²) in [5, 5.41) is 9.28. The molecule has 0 spiro atoms. The Morgan fingerprint density at radius 3 is 2.33 bits per heavy atom. The average Bonchev–Trinajstić information content (AvgIpc) is 2.74. The molecule has 1 heterocycles. The van der Waals surface area contributed by atoms with E-state index in [2.05, 4.69) is 0 Å². The third-order valence-electron chi connectivity index (χ3n) is 3.54. The van der Waals surface area contributed by atoms with Crippen LogP contribution in [0.5, 0.6) is 5.75 Å². The van der Waals surface area contributed by atoms with E-state index in [9.17, 15) is 14.7 Å². The lowest BCUT2D eigenvalue weighted by atomic mass is 9.89. The van der Waals surface area contributed by atoms with Crippen molar-refractivity contribution in [3.05, 3.63) is 29.8 Å². The number of phenols is 1. The maximum atomic E-state index is 11.8. The zero-order valence-electron chi connectivity index (χ0n) is 10.6. The van der Waals surface area contributed by atoms with E-state index in [0.29, 0.717) is 6.54 Å². The van der Waals surface area contributed by atoms with Crippen LogP contribution in [0.4, 0.5) is 0 Å². The quantitative estimate of drug-likeness (QED) is 0.865. The Bertz CT molecular complexity index is 466. The molecular weight excluding hydrogens is 230 g/mol. The largest absolute Gasteiger partial charge is 0.508 e. The van der Waals surface area contributed by atoms with Gasteiger partial charge in [0.2, 0.25) is 5.91 Å². The maximum absolute atomic E-state index is 11.8. The second-order valence-electron chi connectivity index (χ2n) is 4.75. The minimum Gasteiger partial charge on any atom is -0.508 e. The number of aromatic hydroxyl groups is 1. The van der Waals surface area contributed by atoms with Crippen molar-refractivity contribution in [1.82, 2.24) is 4.90 Å². The first-order valence-corrected chi connectivity index (χ1v) is 6.07. The van der Waals surface area contributed by atoms with Crippen molar-refractivity contribution in [2.75, 3.05) is 6.54 Å². The van der Waals surface area contributed by atoms with Crippen molar-refractivity contribution in [1.29, 1.82) is 0 Å². The molecule has 0 saturated carbocycles. The van der Waals surface area contributed by atoms with Crippen molar-refractivity contribution in [3.8, 4) is 5.75 Å². The van der Waals surface area contributed by atoms with Gasteiger partial charge >= 0.3 is 0 Å². The number of carbonyl (C=O) groups is 2. The second kappa shape index (κ2) is 4.80. The molecule has 0 bridgehead atoms. The van der Waals surface area contributed by atoms with Crippen molar-refractivity contribution in [3.63, 3.8) is 0 Å². The molecular formula is C14H17NO3. The maximum Gasteiger partial charge on any atom is 0.220 e. The third-order valence-corrected chi connectivity index (χ3v) is 3.54. The minimum absolute atomic E-state index is 0.0146. The molecule has 1 fully saturated rings. The summed E-state index contributed by atoms with van der Waals surface area (Å²) < 4.78 is 0. The van der Waals surface area contributed by atoms with E-state index in [1.807, 2.05) is 12.1 Å². The average molecular weight is 247 g/mol. The van der Waals surface area contributed by atoms with Gasteiger partial charge in [0.05, 0.1) is 6.04 Å². The summed E-state index contributed by atoms with van der Waals surface area (Å²) in [5.74, 6) is 0.198. The van der Waals surface area contributed by atoms with E-state index in [-0.39, 0.29) is 29.4 Å². The van der Waals surface area contributed by atoms with Crippen LogP contribution in [-0.2, 0) is 9.59 Å². The Balaban J connectivity index is 2.30. The molecule has 1 aromatic carbocycles. The number of rotatable bonds is 2. The summed E-state index contributed by atoms with van der Waals surface area (Å²) in [7, 11) is 0. The molecule has 96 valence electrons. The summed E-state index contributed by atoms with van der Waals surface area (Å²) in [4.78, 5) is 24.9. The van der Waals surface area contributed by atoms with Gasteiger partial charge in [-0.05, 0) is 31.0 Å². The molecule has 2 atom stereocenters. The Labute approximate surface area is 106 Å². The van der Waals surface area contributed by atoms with E-state index < -0.39 is 0 Å². The van der Waals surface area contributed by atoms with Gasteiger partial charge in [-0.2, -0.15) is 0 Å². The Kier molecular flexibility index (Phi) is 3.36. The van der Waals surface area contributed by atoms with Crippen LogP contribution in [0.3, 0.4) is 0 Å². The van der Waals surface area contributed by atoms with Gasteiger partial charge in [-0.3, -0.25) is 9.59 Å². The van der Waals surface area contributed by atoms with Crippen LogP contribution < -0.4 is 0 Å². The SMILES string of the molecule is CC(=O)[C@H]1C(c2ccc(O)cc2)CCN1C(C)=O. The molecule has 1 unspecified atom stereocenters. The number of amides is 1. The number of carbonyl (C=O) groups excluding carboxylic acids is 2. The highest BCUT2D eigenvalue weighted by atomic mass is 16.3. The summed E-state index contributed by atoms with van der Waals surface area (Å²) in [5.41, 5.74) is 0.997. The van der Waals surface area contributed by atoms with E-state index in [4.69, 9.17) is 0 Å². The number of hydrogen-bond donors (Lipinski definition) is 1. The number of hydrogen-bond acceptors (Lipinski definition) is 3. The fourth-order valence-corrected chi connectivity index (χ4v) is 2.72. The monoisotopic (exact) mass is 247 g/mol. The number of benzene rings is 1. The van der Waals surface area contributed by atoms with Crippen LogP contribution >= 0.6 is 0 Å². The van der Waals surface area contributed by atoms with Gasteiger partial charge in [-0.25, -0.2) is 0 Å². The van der Waals surface area contributed by atoms with Gasteiger partial charge in [-0.15, -0.1) is 0 Å². The molecule has 1 aromatic rings. The van der Waals surface area contributed by atoms with Gasteiger partial charge in [-0.1, -0.05) is 12.1 Å². The molecule has 1 aliphatic rings. The molecule has 18 heavy (non-hydrogen) atoms. The molecule has 4 heteroatoms. The summed E-state index contributed by atoms with van der Waals surface area (Å²) >= 11 is 0. The predicted molar refractivity (Wildman–Crippen MR) is 67.3 cm³/mol. The van der Waals surface area contributed by atoms with E-state index in [1.54, 1.807) is 17.0 Å². The second-order valence-corrected chi connectivity index (χ2v) is 4.75. The Hall–Kier alpha value is -1.84. The van der Waals surface area contributed by atoms with Gasteiger partial charge in [0.25, 0.3) is 0 Å². The minimum atomic E-state index is -0.368. The lowest BCUT2D eigenvalue weighted by Gasteiger charge is -2.25. The van der Waals surface area contributed by atoms with Gasteiger partial charge in [0.15, 0.2) is 5.78 Å². The normalized spacial score (nSPS) is 23.1. The summed E-state index contributed by atoms with van der Waals surface area (Å²) in [6, 6.07) is 6.50. The highest BCUT2D eigenvalue weighted by Crippen LogP contribution is 2.34. The fraction of sp³-hybridized carbons (Fsp3) is 0.429. The van der Waals surface area contributed by atoms with Crippen LogP contribution in [0.1, 0.15) is 31.7 Å². The van der Waals surface area contributed by atoms with Gasteiger partial charge in [0.1, 0.15) is 5.75 Å². The first-order valence-electron chi connectivity index (χ1n) is 6.07. The highest BCUT2D eigenvalue weighted by molar-refractivity contribution is 5.88. The number of phenolic OH excluding ortho intramolecular Hbond substituents is 1. The van der Waals surface area contributed by atoms with Crippen LogP contribution in [0, 0.1) is 0 Å². The van der Waals surface area contributed by atoms with Crippen LogP contribution in [0.2, 0.25) is 0 Å². The zero-order chi connectivity index (χ0) is 13.3. The lowest BCUT2D eigenvalue weighted by molar-refractivity contribution is -0.135. The van der Waals surface area contributed by atoms with Gasteiger partial charge in [0, 0.05) is 19.4 Å². The van der Waals surface area contributed by atoms with Crippen molar-refractivity contribution in [2.45, 2.75) is 32.2 Å². The van der Waals surface area contributed by atoms with E-state index in [0.717, 1.165) is 12.0 Å². The van der Waals surface area contributed by atoms with Crippen LogP contribution in [0.25, 0.3) is 0 Å². The highest BCUT2D eigenvalue weighted by Gasteiger charge is 2.39. The van der Waals surface area contributed by atoms with E-state index >= 15 is 0 Å². The molecule has 1 aliphatic heterocycles. The predicted octanol–water partition coefficient (Wildman–Crippen LogP) is 1.69. The molecule has 1 saturated heterocycles. The number of ketones is 1.